The predicted octanol–water partition coefficient (Wildman–Crippen LogP) is 1.46. The van der Waals surface area contributed by atoms with Gasteiger partial charge in [0.05, 0.1) is 6.61 Å². The quantitative estimate of drug-likeness (QED) is 0.372. The van der Waals surface area contributed by atoms with Crippen LogP contribution in [0.3, 0.4) is 0 Å². The van der Waals surface area contributed by atoms with E-state index in [9.17, 15) is 10.1 Å². The summed E-state index contributed by atoms with van der Waals surface area (Å²) in [6, 6.07) is 0. The highest BCUT2D eigenvalue weighted by Crippen LogP contribution is 2.09. The third kappa shape index (κ3) is 5.01. The lowest BCUT2D eigenvalue weighted by Gasteiger charge is -2.26. The van der Waals surface area contributed by atoms with Gasteiger partial charge in [0, 0.05) is 0 Å². The van der Waals surface area contributed by atoms with Gasteiger partial charge in [-0.25, -0.2) is 0 Å². The topological polar surface area (TPSA) is 55.6 Å². The van der Waals surface area contributed by atoms with Crippen LogP contribution in [0, 0.1) is 10.1 Å². The summed E-state index contributed by atoms with van der Waals surface area (Å²) in [4.78, 5) is 16.5. The molecule has 0 unspecified atom stereocenters. The Kier molecular flexibility index (Phi) is 5.29. The summed E-state index contributed by atoms with van der Waals surface area (Å²) >= 11 is 0. The molecule has 1 aliphatic heterocycles. The zero-order valence-electron chi connectivity index (χ0n) is 8.48. The molecule has 0 aromatic carbocycles. The summed E-state index contributed by atoms with van der Waals surface area (Å²) in [5, 5.41) is 9.12. The third-order valence-electron chi connectivity index (χ3n) is 2.51. The number of unbranched alkanes of at least 4 members (excludes halogenated alkanes) is 1. The van der Waals surface area contributed by atoms with E-state index in [1.54, 1.807) is 0 Å². The highest BCUT2D eigenvalue weighted by Gasteiger charge is 2.08. The van der Waals surface area contributed by atoms with Crippen LogP contribution < -0.4 is 0 Å². The molecular formula is C9H18N2O3. The molecule has 0 radical (unpaired) electrons. The number of rotatable bonds is 6. The Morgan fingerprint density at radius 3 is 2.57 bits per heavy atom. The van der Waals surface area contributed by atoms with Crippen LogP contribution in [0.4, 0.5) is 0 Å². The van der Waals surface area contributed by atoms with Crippen molar-refractivity contribution >= 4 is 0 Å². The molecule has 0 amide bonds. The molecule has 1 heterocycles. The molecule has 1 fully saturated rings. The fourth-order valence-corrected chi connectivity index (χ4v) is 1.76. The fraction of sp³-hybridized carbons (Fsp3) is 1.00. The molecule has 1 rings (SSSR count). The maximum absolute atomic E-state index is 9.84. The first-order valence-corrected chi connectivity index (χ1v) is 5.29. The number of hydrogen-bond donors (Lipinski definition) is 0. The van der Waals surface area contributed by atoms with E-state index in [-0.39, 0.29) is 6.61 Å². The highest BCUT2D eigenvalue weighted by atomic mass is 16.9. The van der Waals surface area contributed by atoms with E-state index < -0.39 is 5.09 Å². The number of hydrogen-bond acceptors (Lipinski definition) is 4. The Morgan fingerprint density at radius 2 is 1.93 bits per heavy atom. The monoisotopic (exact) mass is 202 g/mol. The van der Waals surface area contributed by atoms with E-state index >= 15 is 0 Å². The van der Waals surface area contributed by atoms with Crippen molar-refractivity contribution in [2.45, 2.75) is 32.1 Å². The van der Waals surface area contributed by atoms with Gasteiger partial charge >= 0.3 is 0 Å². The summed E-state index contributed by atoms with van der Waals surface area (Å²) in [7, 11) is 0. The smallest absolute Gasteiger partial charge is 0.294 e. The lowest BCUT2D eigenvalue weighted by atomic mass is 10.1. The predicted molar refractivity (Wildman–Crippen MR) is 52.5 cm³/mol. The van der Waals surface area contributed by atoms with Gasteiger partial charge in [-0.05, 0) is 45.3 Å². The van der Waals surface area contributed by atoms with Crippen LogP contribution in [0.2, 0.25) is 0 Å². The van der Waals surface area contributed by atoms with E-state index in [1.807, 2.05) is 0 Å². The minimum Gasteiger partial charge on any atom is -0.314 e. The summed E-state index contributed by atoms with van der Waals surface area (Å²) in [5.41, 5.74) is 0. The van der Waals surface area contributed by atoms with Gasteiger partial charge in [0.2, 0.25) is 0 Å². The van der Waals surface area contributed by atoms with E-state index in [2.05, 4.69) is 9.74 Å². The van der Waals surface area contributed by atoms with Gasteiger partial charge in [0.25, 0.3) is 5.09 Å². The lowest BCUT2D eigenvalue weighted by molar-refractivity contribution is -0.757. The first kappa shape index (κ1) is 11.2. The summed E-state index contributed by atoms with van der Waals surface area (Å²) in [6.45, 7) is 3.67. The summed E-state index contributed by atoms with van der Waals surface area (Å²) in [5.74, 6) is 0. The minimum absolute atomic E-state index is 0.237. The molecule has 0 aromatic rings. The molecule has 0 aromatic heterocycles. The third-order valence-corrected chi connectivity index (χ3v) is 2.51. The first-order chi connectivity index (χ1) is 6.79. The second-order valence-corrected chi connectivity index (χ2v) is 3.67. The van der Waals surface area contributed by atoms with E-state index in [4.69, 9.17) is 0 Å². The highest BCUT2D eigenvalue weighted by molar-refractivity contribution is 4.63. The van der Waals surface area contributed by atoms with Gasteiger partial charge in [0.15, 0.2) is 0 Å². The molecule has 0 aliphatic carbocycles. The molecule has 5 nitrogen and oxygen atoms in total. The number of likely N-dealkylation sites (tertiary alicyclic amines) is 1. The Morgan fingerprint density at radius 1 is 1.21 bits per heavy atom. The number of nitrogens with zero attached hydrogens (tertiary/aromatic N) is 2. The lowest BCUT2D eigenvalue weighted by Crippen LogP contribution is -2.30. The van der Waals surface area contributed by atoms with Gasteiger partial charge < -0.3 is 9.74 Å². The van der Waals surface area contributed by atoms with Gasteiger partial charge in [-0.2, -0.15) is 0 Å². The van der Waals surface area contributed by atoms with Crippen molar-refractivity contribution < 1.29 is 9.92 Å². The minimum atomic E-state index is -0.721. The Balaban J connectivity index is 1.90. The maximum Gasteiger partial charge on any atom is 0.294 e. The molecule has 82 valence electrons. The van der Waals surface area contributed by atoms with Crippen LogP contribution in [0.1, 0.15) is 32.1 Å². The molecular weight excluding hydrogens is 184 g/mol. The van der Waals surface area contributed by atoms with E-state index in [0.29, 0.717) is 0 Å². The first-order valence-electron chi connectivity index (χ1n) is 5.29. The second-order valence-electron chi connectivity index (χ2n) is 3.67. The van der Waals surface area contributed by atoms with Crippen LogP contribution >= 0.6 is 0 Å². The number of piperidine rings is 1. The molecule has 0 atom stereocenters. The van der Waals surface area contributed by atoms with Crippen molar-refractivity contribution in [1.29, 1.82) is 0 Å². The molecule has 1 aliphatic rings. The Labute approximate surface area is 84.1 Å². The summed E-state index contributed by atoms with van der Waals surface area (Å²) < 4.78 is 0. The largest absolute Gasteiger partial charge is 0.314 e. The Bertz CT molecular complexity index is 169. The van der Waals surface area contributed by atoms with Gasteiger partial charge in [-0.15, -0.1) is 10.1 Å². The van der Waals surface area contributed by atoms with E-state index in [1.165, 1.54) is 32.4 Å². The van der Waals surface area contributed by atoms with Crippen molar-refractivity contribution in [3.05, 3.63) is 10.1 Å². The normalized spacial score (nSPS) is 18.0. The van der Waals surface area contributed by atoms with Crippen molar-refractivity contribution in [2.24, 2.45) is 0 Å². The van der Waals surface area contributed by atoms with E-state index in [0.717, 1.165) is 19.4 Å². The van der Waals surface area contributed by atoms with Crippen molar-refractivity contribution in [3.63, 3.8) is 0 Å². The van der Waals surface area contributed by atoms with Crippen LogP contribution in [-0.2, 0) is 4.84 Å². The van der Waals surface area contributed by atoms with Crippen molar-refractivity contribution in [3.8, 4) is 0 Å². The fourth-order valence-electron chi connectivity index (χ4n) is 1.76. The van der Waals surface area contributed by atoms with Crippen LogP contribution in [0.25, 0.3) is 0 Å². The zero-order chi connectivity index (χ0) is 10.2. The van der Waals surface area contributed by atoms with Crippen LogP contribution in [-0.4, -0.2) is 36.2 Å². The average molecular weight is 202 g/mol. The molecule has 0 bridgehead atoms. The molecule has 1 saturated heterocycles. The summed E-state index contributed by atoms with van der Waals surface area (Å²) in [6.07, 6.45) is 5.71. The molecule has 5 heteroatoms. The molecule has 0 N–H and O–H groups in total. The van der Waals surface area contributed by atoms with Gasteiger partial charge in [-0.3, -0.25) is 0 Å². The average Bonchev–Trinajstić information content (AvgIpc) is 2.18. The van der Waals surface area contributed by atoms with Gasteiger partial charge in [0.1, 0.15) is 0 Å². The molecule has 0 saturated carbocycles. The maximum atomic E-state index is 9.84. The van der Waals surface area contributed by atoms with Crippen LogP contribution in [0.5, 0.6) is 0 Å². The standard InChI is InChI=1S/C9H18N2O3/c12-11(13)14-9-5-4-8-10-6-2-1-3-7-10/h1-9H2. The van der Waals surface area contributed by atoms with Gasteiger partial charge in [-0.1, -0.05) is 6.42 Å². The zero-order valence-corrected chi connectivity index (χ0v) is 8.48. The second kappa shape index (κ2) is 6.59. The SMILES string of the molecule is O=[N+]([O-])OCCCCN1CCCCC1. The van der Waals surface area contributed by atoms with Crippen molar-refractivity contribution in [1.82, 2.24) is 4.90 Å². The Hall–Kier alpha value is -0.840. The van der Waals surface area contributed by atoms with Crippen LogP contribution in [0.15, 0.2) is 0 Å². The van der Waals surface area contributed by atoms with Crippen molar-refractivity contribution in [2.75, 3.05) is 26.2 Å². The molecule has 14 heavy (non-hydrogen) atoms. The molecule has 0 spiro atoms.